The first-order chi connectivity index (χ1) is 8.82. The number of rotatable bonds is 5. The van der Waals surface area contributed by atoms with E-state index in [4.69, 9.17) is 10.6 Å². The van der Waals surface area contributed by atoms with E-state index in [1.54, 1.807) is 0 Å². The average molecular weight is 250 g/mol. The summed E-state index contributed by atoms with van der Waals surface area (Å²) in [4.78, 5) is 8.15. The topological polar surface area (TPSA) is 73.1 Å². The molecule has 0 amide bonds. The van der Waals surface area contributed by atoms with Crippen molar-refractivity contribution in [2.24, 2.45) is 5.84 Å². The molecule has 0 saturated heterocycles. The van der Waals surface area contributed by atoms with Gasteiger partial charge in [-0.05, 0) is 19.8 Å². The van der Waals surface area contributed by atoms with E-state index < -0.39 is 0 Å². The lowest BCUT2D eigenvalue weighted by molar-refractivity contribution is -0.0914. The van der Waals surface area contributed by atoms with Crippen molar-refractivity contribution in [3.05, 3.63) is 24.3 Å². The van der Waals surface area contributed by atoms with E-state index in [1.807, 2.05) is 19.3 Å². The van der Waals surface area contributed by atoms with Crippen molar-refractivity contribution in [3.8, 4) is 0 Å². The Balaban J connectivity index is 2.27. The van der Waals surface area contributed by atoms with Gasteiger partial charge in [-0.3, -0.25) is 5.84 Å². The Hall–Kier alpha value is -1.04. The molecular weight excluding hydrogens is 228 g/mol. The molecule has 0 radical (unpaired) electrons. The molecule has 1 unspecified atom stereocenters. The normalized spacial score (nSPS) is 20.6. The van der Waals surface area contributed by atoms with E-state index in [-0.39, 0.29) is 11.6 Å². The van der Waals surface area contributed by atoms with Crippen LogP contribution in [-0.2, 0) is 4.74 Å². The number of hydrogen-bond donors (Lipinski definition) is 2. The van der Waals surface area contributed by atoms with Gasteiger partial charge < -0.3 is 4.74 Å². The fourth-order valence-electron chi connectivity index (χ4n) is 2.97. The lowest BCUT2D eigenvalue weighted by atomic mass is 9.77. The predicted molar refractivity (Wildman–Crippen MR) is 69.5 cm³/mol. The van der Waals surface area contributed by atoms with Crippen LogP contribution in [0.3, 0.4) is 0 Å². The van der Waals surface area contributed by atoms with Crippen molar-refractivity contribution in [2.45, 2.75) is 50.7 Å². The molecule has 1 aromatic rings. The molecule has 1 aliphatic carbocycles. The molecule has 5 heteroatoms. The summed E-state index contributed by atoms with van der Waals surface area (Å²) in [5.74, 6) is 5.77. The minimum absolute atomic E-state index is 0.0426. The molecule has 1 aromatic heterocycles. The molecule has 0 spiro atoms. The van der Waals surface area contributed by atoms with Crippen LogP contribution >= 0.6 is 0 Å². The summed E-state index contributed by atoms with van der Waals surface area (Å²) < 4.78 is 6.08. The number of nitrogens with zero attached hydrogens (tertiary/aromatic N) is 2. The van der Waals surface area contributed by atoms with Crippen LogP contribution in [0.5, 0.6) is 0 Å². The summed E-state index contributed by atoms with van der Waals surface area (Å²) in [5.41, 5.74) is 3.69. The quantitative estimate of drug-likeness (QED) is 0.615. The first-order valence-corrected chi connectivity index (χ1v) is 6.67. The van der Waals surface area contributed by atoms with Crippen LogP contribution in [0.1, 0.15) is 50.6 Å². The lowest BCUT2D eigenvalue weighted by Crippen LogP contribution is -2.49. The second-order valence-electron chi connectivity index (χ2n) is 4.83. The molecule has 0 aromatic carbocycles. The number of hydrogen-bond acceptors (Lipinski definition) is 5. The van der Waals surface area contributed by atoms with Crippen molar-refractivity contribution in [1.29, 1.82) is 0 Å². The Kier molecular flexibility index (Phi) is 4.63. The van der Waals surface area contributed by atoms with Crippen LogP contribution in [-0.4, -0.2) is 22.2 Å². The molecule has 0 bridgehead atoms. The van der Waals surface area contributed by atoms with Gasteiger partial charge in [0.25, 0.3) is 0 Å². The van der Waals surface area contributed by atoms with Gasteiger partial charge in [-0.25, -0.2) is 15.4 Å². The van der Waals surface area contributed by atoms with Gasteiger partial charge in [-0.15, -0.1) is 0 Å². The van der Waals surface area contributed by atoms with Gasteiger partial charge in [0, 0.05) is 24.6 Å². The molecule has 5 nitrogen and oxygen atoms in total. The Labute approximate surface area is 108 Å². The maximum atomic E-state index is 6.08. The summed E-state index contributed by atoms with van der Waals surface area (Å²) in [7, 11) is 0. The average Bonchev–Trinajstić information content (AvgIpc) is 2.42. The van der Waals surface area contributed by atoms with E-state index in [1.165, 1.54) is 25.6 Å². The van der Waals surface area contributed by atoms with Crippen LogP contribution < -0.4 is 11.3 Å². The van der Waals surface area contributed by atoms with Gasteiger partial charge in [0.15, 0.2) is 0 Å². The predicted octanol–water partition coefficient (Wildman–Crippen LogP) is 1.72. The minimum atomic E-state index is -0.216. The SMILES string of the molecule is CCOC1(C(NN)c2cncnc2)CCCCC1. The Bertz CT molecular complexity index is 346. The molecule has 18 heavy (non-hydrogen) atoms. The van der Waals surface area contributed by atoms with Crippen molar-refractivity contribution in [3.63, 3.8) is 0 Å². The van der Waals surface area contributed by atoms with Crippen LogP contribution in [0.4, 0.5) is 0 Å². The van der Waals surface area contributed by atoms with Gasteiger partial charge in [-0.2, -0.15) is 0 Å². The number of hydrazine groups is 1. The molecule has 1 saturated carbocycles. The second kappa shape index (κ2) is 6.22. The Morgan fingerprint density at radius 3 is 2.56 bits per heavy atom. The summed E-state index contributed by atoms with van der Waals surface area (Å²) in [6.45, 7) is 2.73. The number of nitrogens with one attached hydrogen (secondary N) is 1. The molecule has 1 fully saturated rings. The number of nitrogens with two attached hydrogens (primary N) is 1. The van der Waals surface area contributed by atoms with Gasteiger partial charge in [0.1, 0.15) is 6.33 Å². The standard InChI is InChI=1S/C13H22N4O/c1-2-18-13(6-4-3-5-7-13)12(17-14)11-8-15-10-16-9-11/h8-10,12,17H,2-7,14H2,1H3. The fraction of sp³-hybridized carbons (Fsp3) is 0.692. The molecule has 2 rings (SSSR count). The van der Waals surface area contributed by atoms with E-state index in [0.717, 1.165) is 18.4 Å². The zero-order chi connectivity index (χ0) is 12.8. The summed E-state index contributed by atoms with van der Waals surface area (Å²) in [5, 5.41) is 0. The minimum Gasteiger partial charge on any atom is -0.373 e. The van der Waals surface area contributed by atoms with E-state index >= 15 is 0 Å². The van der Waals surface area contributed by atoms with Gasteiger partial charge >= 0.3 is 0 Å². The highest BCUT2D eigenvalue weighted by Crippen LogP contribution is 2.40. The smallest absolute Gasteiger partial charge is 0.115 e. The zero-order valence-corrected chi connectivity index (χ0v) is 10.9. The third-order valence-corrected chi connectivity index (χ3v) is 3.74. The summed E-state index contributed by atoms with van der Waals surface area (Å²) in [6.07, 6.45) is 10.9. The van der Waals surface area contributed by atoms with E-state index in [0.29, 0.717) is 6.61 Å². The van der Waals surface area contributed by atoms with Gasteiger partial charge in [0.2, 0.25) is 0 Å². The molecule has 100 valence electrons. The largest absolute Gasteiger partial charge is 0.373 e. The van der Waals surface area contributed by atoms with Crippen LogP contribution in [0.25, 0.3) is 0 Å². The molecule has 1 heterocycles. The highest BCUT2D eigenvalue weighted by molar-refractivity contribution is 5.15. The second-order valence-corrected chi connectivity index (χ2v) is 4.83. The third kappa shape index (κ3) is 2.68. The fourth-order valence-corrected chi connectivity index (χ4v) is 2.97. The monoisotopic (exact) mass is 250 g/mol. The Morgan fingerprint density at radius 2 is 2.00 bits per heavy atom. The number of aromatic nitrogens is 2. The highest BCUT2D eigenvalue weighted by Gasteiger charge is 2.41. The van der Waals surface area contributed by atoms with Crippen molar-refractivity contribution >= 4 is 0 Å². The maximum absolute atomic E-state index is 6.08. The first-order valence-electron chi connectivity index (χ1n) is 6.67. The highest BCUT2D eigenvalue weighted by atomic mass is 16.5. The van der Waals surface area contributed by atoms with Crippen molar-refractivity contribution in [2.75, 3.05) is 6.61 Å². The van der Waals surface area contributed by atoms with Gasteiger partial charge in [0.05, 0.1) is 11.6 Å². The van der Waals surface area contributed by atoms with E-state index in [9.17, 15) is 0 Å². The van der Waals surface area contributed by atoms with Crippen molar-refractivity contribution < 1.29 is 4.74 Å². The van der Waals surface area contributed by atoms with Gasteiger partial charge in [-0.1, -0.05) is 19.3 Å². The summed E-state index contributed by atoms with van der Waals surface area (Å²) in [6, 6.07) is -0.0426. The Morgan fingerprint density at radius 1 is 1.33 bits per heavy atom. The van der Waals surface area contributed by atoms with Crippen LogP contribution in [0.15, 0.2) is 18.7 Å². The van der Waals surface area contributed by atoms with Crippen LogP contribution in [0, 0.1) is 0 Å². The maximum Gasteiger partial charge on any atom is 0.115 e. The molecule has 0 aliphatic heterocycles. The van der Waals surface area contributed by atoms with E-state index in [2.05, 4.69) is 15.4 Å². The molecule has 1 aliphatic rings. The lowest BCUT2D eigenvalue weighted by Gasteiger charge is -2.42. The third-order valence-electron chi connectivity index (χ3n) is 3.74. The van der Waals surface area contributed by atoms with Crippen LogP contribution in [0.2, 0.25) is 0 Å². The number of ether oxygens (including phenoxy) is 1. The first kappa shape index (κ1) is 13.4. The molecular formula is C13H22N4O. The molecule has 1 atom stereocenters. The summed E-state index contributed by atoms with van der Waals surface area (Å²) >= 11 is 0. The molecule has 3 N–H and O–H groups in total. The zero-order valence-electron chi connectivity index (χ0n) is 10.9. The van der Waals surface area contributed by atoms with Crippen molar-refractivity contribution in [1.82, 2.24) is 15.4 Å².